The van der Waals surface area contributed by atoms with Crippen LogP contribution in [0.4, 0.5) is 0 Å². The molecule has 2 amide bonds. The Morgan fingerprint density at radius 2 is 1.96 bits per heavy atom. The molecule has 1 aliphatic rings. The summed E-state index contributed by atoms with van der Waals surface area (Å²) in [5.41, 5.74) is 4.16. The van der Waals surface area contributed by atoms with E-state index in [4.69, 9.17) is 4.74 Å². The van der Waals surface area contributed by atoms with Crippen molar-refractivity contribution in [2.45, 2.75) is 26.4 Å². The molecule has 3 rings (SSSR count). The highest BCUT2D eigenvalue weighted by Gasteiger charge is 2.29. The predicted octanol–water partition coefficient (Wildman–Crippen LogP) is 3.06. The van der Waals surface area contributed by atoms with Gasteiger partial charge in [0.2, 0.25) is 0 Å². The van der Waals surface area contributed by atoms with E-state index >= 15 is 0 Å². The lowest BCUT2D eigenvalue weighted by Gasteiger charge is -2.09. The van der Waals surface area contributed by atoms with E-state index in [2.05, 4.69) is 18.8 Å². The highest BCUT2D eigenvalue weighted by atomic mass is 16.5. The first-order valence-corrected chi connectivity index (χ1v) is 8.41. The van der Waals surface area contributed by atoms with Gasteiger partial charge in [-0.05, 0) is 34.7 Å². The maximum absolute atomic E-state index is 12.2. The van der Waals surface area contributed by atoms with Gasteiger partial charge >= 0.3 is 5.97 Å². The van der Waals surface area contributed by atoms with Crippen molar-refractivity contribution in [1.29, 1.82) is 0 Å². The van der Waals surface area contributed by atoms with Crippen LogP contribution in [0.3, 0.4) is 0 Å². The van der Waals surface area contributed by atoms with Crippen LogP contribution in [-0.4, -0.2) is 17.8 Å². The van der Waals surface area contributed by atoms with E-state index < -0.39 is 17.8 Å². The summed E-state index contributed by atoms with van der Waals surface area (Å²) >= 11 is 0. The Hall–Kier alpha value is -3.21. The Morgan fingerprint density at radius 1 is 1.15 bits per heavy atom. The largest absolute Gasteiger partial charge is 0.461 e. The third-order valence-corrected chi connectivity index (χ3v) is 4.39. The molecule has 2 aromatic rings. The number of hydrogen-bond donors (Lipinski definition) is 1. The van der Waals surface area contributed by atoms with Gasteiger partial charge in [-0.1, -0.05) is 49.9 Å². The second-order valence-electron chi connectivity index (χ2n) is 6.05. The Balaban J connectivity index is 1.69. The van der Waals surface area contributed by atoms with Crippen LogP contribution < -0.4 is 5.32 Å². The van der Waals surface area contributed by atoms with Gasteiger partial charge in [0.1, 0.15) is 6.61 Å². The molecule has 1 heterocycles. The van der Waals surface area contributed by atoms with Gasteiger partial charge in [0.15, 0.2) is 0 Å². The number of carbonyl (C=O) groups is 3. The summed E-state index contributed by atoms with van der Waals surface area (Å²) < 4.78 is 5.35. The fourth-order valence-corrected chi connectivity index (χ4v) is 3.06. The minimum absolute atomic E-state index is 0.0603. The highest BCUT2D eigenvalue weighted by Crippen LogP contribution is 2.21. The topological polar surface area (TPSA) is 72.5 Å². The summed E-state index contributed by atoms with van der Waals surface area (Å²) in [6, 6.07) is 10.7. The Morgan fingerprint density at radius 3 is 2.69 bits per heavy atom. The third kappa shape index (κ3) is 3.42. The quantitative estimate of drug-likeness (QED) is 0.643. The standard InChI is InChI=1S/C21H19NO4/c1-3-14-9-8-13(10-15(14)4-2)12-26-18(23)11-16-6-5-7-17-19(16)21(25)22-20(17)24/h3,5-10H,1,4,11-12H2,2H3,(H,22,24,25). The normalized spacial score (nSPS) is 12.5. The highest BCUT2D eigenvalue weighted by molar-refractivity contribution is 6.22. The van der Waals surface area contributed by atoms with Gasteiger partial charge in [-0.15, -0.1) is 0 Å². The molecule has 0 radical (unpaired) electrons. The molecule has 0 aromatic heterocycles. The molecule has 0 bridgehead atoms. The van der Waals surface area contributed by atoms with Crippen molar-refractivity contribution >= 4 is 23.9 Å². The second kappa shape index (κ2) is 7.35. The molecule has 0 unspecified atom stereocenters. The van der Waals surface area contributed by atoms with Crippen molar-refractivity contribution in [3.05, 3.63) is 76.4 Å². The SMILES string of the molecule is C=Cc1ccc(COC(=O)Cc2cccc3c2C(=O)NC3=O)cc1CC. The lowest BCUT2D eigenvalue weighted by atomic mass is 10.0. The van der Waals surface area contributed by atoms with Crippen molar-refractivity contribution in [3.63, 3.8) is 0 Å². The number of carbonyl (C=O) groups excluding carboxylic acids is 3. The van der Waals surface area contributed by atoms with Crippen molar-refractivity contribution in [1.82, 2.24) is 5.32 Å². The Labute approximate surface area is 151 Å². The molecule has 5 nitrogen and oxygen atoms in total. The molecule has 5 heteroatoms. The van der Waals surface area contributed by atoms with E-state index in [0.29, 0.717) is 11.1 Å². The molecule has 1 N–H and O–H groups in total. The summed E-state index contributed by atoms with van der Waals surface area (Å²) in [5, 5.41) is 2.24. The molecule has 0 aliphatic carbocycles. The van der Waals surface area contributed by atoms with Gasteiger partial charge < -0.3 is 4.74 Å². The minimum Gasteiger partial charge on any atom is -0.461 e. The van der Waals surface area contributed by atoms with E-state index in [9.17, 15) is 14.4 Å². The number of hydrogen-bond acceptors (Lipinski definition) is 4. The van der Waals surface area contributed by atoms with Crippen LogP contribution >= 0.6 is 0 Å². The predicted molar refractivity (Wildman–Crippen MR) is 97.6 cm³/mol. The Bertz CT molecular complexity index is 914. The number of amides is 2. The molecule has 0 saturated carbocycles. The second-order valence-corrected chi connectivity index (χ2v) is 6.05. The van der Waals surface area contributed by atoms with Crippen LogP contribution in [0.15, 0.2) is 43.0 Å². The summed E-state index contributed by atoms with van der Waals surface area (Å²) in [6.07, 6.45) is 2.61. The van der Waals surface area contributed by atoms with Gasteiger partial charge in [-0.25, -0.2) is 0 Å². The number of rotatable bonds is 6. The molecular formula is C21H19NO4. The molecule has 26 heavy (non-hydrogen) atoms. The average molecular weight is 349 g/mol. The van der Waals surface area contributed by atoms with Crippen LogP contribution in [0.25, 0.3) is 6.08 Å². The number of fused-ring (bicyclic) bond motifs is 1. The van der Waals surface area contributed by atoms with Crippen molar-refractivity contribution < 1.29 is 19.1 Å². The fourth-order valence-electron chi connectivity index (χ4n) is 3.06. The summed E-state index contributed by atoms with van der Waals surface area (Å²) in [7, 11) is 0. The van der Waals surface area contributed by atoms with Crippen LogP contribution in [-0.2, 0) is 29.0 Å². The molecule has 1 aliphatic heterocycles. The number of ether oxygens (including phenoxy) is 1. The smallest absolute Gasteiger partial charge is 0.310 e. The summed E-state index contributed by atoms with van der Waals surface area (Å²) in [5.74, 6) is -1.35. The average Bonchev–Trinajstić information content (AvgIpc) is 2.94. The molecule has 0 spiro atoms. The zero-order valence-electron chi connectivity index (χ0n) is 14.5. The van der Waals surface area contributed by atoms with Gasteiger partial charge in [0.25, 0.3) is 11.8 Å². The van der Waals surface area contributed by atoms with E-state index in [0.717, 1.165) is 23.1 Å². The fraction of sp³-hybridized carbons (Fsp3) is 0.190. The van der Waals surface area contributed by atoms with Crippen LogP contribution in [0.2, 0.25) is 0 Å². The molecule has 2 aromatic carbocycles. The third-order valence-electron chi connectivity index (χ3n) is 4.39. The molecule has 0 fully saturated rings. The molecule has 0 atom stereocenters. The minimum atomic E-state index is -0.471. The molecule has 132 valence electrons. The molecule has 0 saturated heterocycles. The van der Waals surface area contributed by atoms with Crippen LogP contribution in [0.1, 0.15) is 49.9 Å². The maximum atomic E-state index is 12.2. The van der Waals surface area contributed by atoms with Gasteiger partial charge in [0, 0.05) is 0 Å². The zero-order valence-corrected chi connectivity index (χ0v) is 14.5. The van der Waals surface area contributed by atoms with E-state index in [-0.39, 0.29) is 18.6 Å². The van der Waals surface area contributed by atoms with E-state index in [1.807, 2.05) is 18.2 Å². The van der Waals surface area contributed by atoms with Gasteiger partial charge in [-0.2, -0.15) is 0 Å². The maximum Gasteiger partial charge on any atom is 0.310 e. The van der Waals surface area contributed by atoms with Crippen molar-refractivity contribution in [2.75, 3.05) is 0 Å². The van der Waals surface area contributed by atoms with Crippen LogP contribution in [0, 0.1) is 0 Å². The zero-order chi connectivity index (χ0) is 18.7. The summed E-state index contributed by atoms with van der Waals surface area (Å²) in [4.78, 5) is 35.8. The van der Waals surface area contributed by atoms with Crippen molar-refractivity contribution in [3.8, 4) is 0 Å². The van der Waals surface area contributed by atoms with E-state index in [1.54, 1.807) is 24.3 Å². The monoisotopic (exact) mass is 349 g/mol. The number of nitrogens with one attached hydrogen (secondary N) is 1. The number of imide groups is 1. The first kappa shape index (κ1) is 17.6. The van der Waals surface area contributed by atoms with Crippen molar-refractivity contribution in [2.24, 2.45) is 0 Å². The van der Waals surface area contributed by atoms with Crippen LogP contribution in [0.5, 0.6) is 0 Å². The van der Waals surface area contributed by atoms with Gasteiger partial charge in [0.05, 0.1) is 17.5 Å². The lowest BCUT2D eigenvalue weighted by molar-refractivity contribution is -0.144. The summed E-state index contributed by atoms with van der Waals surface area (Å²) in [6.45, 7) is 6.00. The number of aryl methyl sites for hydroxylation is 1. The van der Waals surface area contributed by atoms with Gasteiger partial charge in [-0.3, -0.25) is 19.7 Å². The first-order chi connectivity index (χ1) is 12.5. The number of esters is 1. The first-order valence-electron chi connectivity index (χ1n) is 8.41. The Kier molecular flexibility index (Phi) is 4.98. The molecular weight excluding hydrogens is 330 g/mol. The lowest BCUT2D eigenvalue weighted by Crippen LogP contribution is -2.20. The van der Waals surface area contributed by atoms with E-state index in [1.165, 1.54) is 0 Å². The number of benzene rings is 2.